The first-order valence-electron chi connectivity index (χ1n) is 6.23. The number of hydrogen-bond acceptors (Lipinski definition) is 3. The number of imidazole rings is 1. The van der Waals surface area contributed by atoms with Crippen LogP contribution in [0.3, 0.4) is 0 Å². The van der Waals surface area contributed by atoms with Gasteiger partial charge >= 0.3 is 5.69 Å². The summed E-state index contributed by atoms with van der Waals surface area (Å²) in [4.78, 5) is 26.3. The molecule has 3 N–H and O–H groups in total. The van der Waals surface area contributed by atoms with Gasteiger partial charge in [0.2, 0.25) is 5.91 Å². The van der Waals surface area contributed by atoms with Crippen LogP contribution in [0.25, 0.3) is 11.0 Å². The van der Waals surface area contributed by atoms with Crippen LogP contribution in [-0.4, -0.2) is 33.2 Å². The largest absolute Gasteiger partial charge is 0.394 e. The Kier molecular flexibility index (Phi) is 4.01. The Hall–Kier alpha value is -2.08. The molecule has 6 heteroatoms. The maximum Gasteiger partial charge on any atom is 0.326 e. The van der Waals surface area contributed by atoms with E-state index in [0.717, 1.165) is 0 Å². The highest BCUT2D eigenvalue weighted by Crippen LogP contribution is 2.08. The second kappa shape index (κ2) is 5.71. The molecule has 0 aliphatic carbocycles. The summed E-state index contributed by atoms with van der Waals surface area (Å²) in [5, 5.41) is 11.7. The van der Waals surface area contributed by atoms with Crippen molar-refractivity contribution in [3.05, 3.63) is 34.7 Å². The predicted molar refractivity (Wildman–Crippen MR) is 71.9 cm³/mol. The summed E-state index contributed by atoms with van der Waals surface area (Å²) in [7, 11) is 0. The Balaban J connectivity index is 2.19. The van der Waals surface area contributed by atoms with Gasteiger partial charge in [-0.25, -0.2) is 4.79 Å². The standard InChI is InChI=1S/C13H17N3O3/c1-2-9(8-17)14-12(18)7-16-11-6-4-3-5-10(11)15-13(16)19/h3-6,9,17H,2,7-8H2,1H3,(H,14,18)(H,15,19). The first kappa shape index (κ1) is 13.4. The zero-order valence-corrected chi connectivity index (χ0v) is 10.7. The van der Waals surface area contributed by atoms with Crippen LogP contribution in [0.2, 0.25) is 0 Å². The first-order valence-corrected chi connectivity index (χ1v) is 6.23. The molecule has 1 atom stereocenters. The summed E-state index contributed by atoms with van der Waals surface area (Å²) >= 11 is 0. The molecule has 6 nitrogen and oxygen atoms in total. The molecule has 0 saturated carbocycles. The third kappa shape index (κ3) is 2.85. The normalized spacial score (nSPS) is 12.5. The number of H-pyrrole nitrogens is 1. The Morgan fingerprint density at radius 3 is 2.89 bits per heavy atom. The van der Waals surface area contributed by atoms with Crippen LogP contribution in [0.1, 0.15) is 13.3 Å². The fourth-order valence-corrected chi connectivity index (χ4v) is 1.96. The van der Waals surface area contributed by atoms with Gasteiger partial charge in [-0.3, -0.25) is 9.36 Å². The van der Waals surface area contributed by atoms with E-state index in [1.54, 1.807) is 12.1 Å². The van der Waals surface area contributed by atoms with Crippen LogP contribution < -0.4 is 11.0 Å². The maximum atomic E-state index is 11.8. The molecule has 0 radical (unpaired) electrons. The average Bonchev–Trinajstić information content (AvgIpc) is 2.72. The topological polar surface area (TPSA) is 87.1 Å². The van der Waals surface area contributed by atoms with Gasteiger partial charge in [0, 0.05) is 0 Å². The van der Waals surface area contributed by atoms with Crippen molar-refractivity contribution in [1.29, 1.82) is 0 Å². The molecule has 19 heavy (non-hydrogen) atoms. The fraction of sp³-hybridized carbons (Fsp3) is 0.385. The summed E-state index contributed by atoms with van der Waals surface area (Å²) in [5.74, 6) is -0.284. The average molecular weight is 263 g/mol. The van der Waals surface area contributed by atoms with E-state index in [-0.39, 0.29) is 30.8 Å². The zero-order chi connectivity index (χ0) is 13.8. The highest BCUT2D eigenvalue weighted by Gasteiger charge is 2.13. The van der Waals surface area contributed by atoms with Crippen molar-refractivity contribution in [1.82, 2.24) is 14.9 Å². The number of amides is 1. The van der Waals surface area contributed by atoms with Crippen LogP contribution >= 0.6 is 0 Å². The van der Waals surface area contributed by atoms with Gasteiger partial charge in [-0.2, -0.15) is 0 Å². The fourth-order valence-electron chi connectivity index (χ4n) is 1.96. The van der Waals surface area contributed by atoms with Crippen LogP contribution in [0, 0.1) is 0 Å². The van der Waals surface area contributed by atoms with E-state index in [9.17, 15) is 9.59 Å². The van der Waals surface area contributed by atoms with E-state index in [2.05, 4.69) is 10.3 Å². The molecule has 1 amide bonds. The molecule has 102 valence electrons. The van der Waals surface area contributed by atoms with Crippen molar-refractivity contribution in [3.8, 4) is 0 Å². The molecule has 0 fully saturated rings. The van der Waals surface area contributed by atoms with E-state index in [4.69, 9.17) is 5.11 Å². The molecule has 1 heterocycles. The number of nitrogens with one attached hydrogen (secondary N) is 2. The summed E-state index contributed by atoms with van der Waals surface area (Å²) in [5.41, 5.74) is 1.09. The minimum absolute atomic E-state index is 0.0562. The van der Waals surface area contributed by atoms with Gasteiger partial charge in [0.15, 0.2) is 0 Å². The quantitative estimate of drug-likeness (QED) is 0.721. The van der Waals surface area contributed by atoms with Crippen molar-refractivity contribution >= 4 is 16.9 Å². The van der Waals surface area contributed by atoms with Gasteiger partial charge in [-0.1, -0.05) is 19.1 Å². The lowest BCUT2D eigenvalue weighted by molar-refractivity contribution is -0.122. The molecule has 2 rings (SSSR count). The second-order valence-corrected chi connectivity index (χ2v) is 4.39. The summed E-state index contributed by atoms with van der Waals surface area (Å²) in [6.07, 6.45) is 0.644. The Bertz CT molecular complexity index is 625. The summed E-state index contributed by atoms with van der Waals surface area (Å²) in [6.45, 7) is 1.71. The maximum absolute atomic E-state index is 11.8. The molecular formula is C13H17N3O3. The van der Waals surface area contributed by atoms with Gasteiger partial charge < -0.3 is 15.4 Å². The SMILES string of the molecule is CCC(CO)NC(=O)Cn1c(=O)[nH]c2ccccc21. The van der Waals surface area contributed by atoms with Gasteiger partial charge in [0.1, 0.15) is 6.54 Å². The smallest absolute Gasteiger partial charge is 0.326 e. The molecule has 0 saturated heterocycles. The molecule has 1 aromatic carbocycles. The number of carbonyl (C=O) groups is 1. The molecule has 1 unspecified atom stereocenters. The number of aliphatic hydroxyl groups excluding tert-OH is 1. The minimum atomic E-state index is -0.312. The van der Waals surface area contributed by atoms with Gasteiger partial charge in [-0.05, 0) is 18.6 Å². The molecule has 0 aliphatic rings. The number of carbonyl (C=O) groups excluding carboxylic acids is 1. The number of hydrogen-bond donors (Lipinski definition) is 3. The van der Waals surface area contributed by atoms with Crippen LogP contribution in [0.4, 0.5) is 0 Å². The molecule has 2 aromatic rings. The number of aromatic nitrogens is 2. The number of benzene rings is 1. The number of para-hydroxylation sites is 2. The molecule has 0 aliphatic heterocycles. The van der Waals surface area contributed by atoms with E-state index in [1.165, 1.54) is 4.57 Å². The minimum Gasteiger partial charge on any atom is -0.394 e. The lowest BCUT2D eigenvalue weighted by Gasteiger charge is -2.14. The van der Waals surface area contributed by atoms with E-state index in [0.29, 0.717) is 17.5 Å². The lowest BCUT2D eigenvalue weighted by atomic mass is 10.2. The Labute approximate surface area is 110 Å². The summed E-state index contributed by atoms with van der Waals surface area (Å²) < 4.78 is 1.38. The number of rotatable bonds is 5. The molecule has 0 spiro atoms. The van der Waals surface area contributed by atoms with Crippen LogP contribution in [-0.2, 0) is 11.3 Å². The van der Waals surface area contributed by atoms with E-state index in [1.807, 2.05) is 19.1 Å². The van der Waals surface area contributed by atoms with Crippen molar-refractivity contribution in [2.24, 2.45) is 0 Å². The Morgan fingerprint density at radius 2 is 2.21 bits per heavy atom. The third-order valence-corrected chi connectivity index (χ3v) is 3.06. The van der Waals surface area contributed by atoms with Crippen molar-refractivity contribution in [2.75, 3.05) is 6.61 Å². The highest BCUT2D eigenvalue weighted by molar-refractivity contribution is 5.80. The van der Waals surface area contributed by atoms with Gasteiger partial charge in [-0.15, -0.1) is 0 Å². The number of fused-ring (bicyclic) bond motifs is 1. The van der Waals surface area contributed by atoms with Crippen molar-refractivity contribution in [2.45, 2.75) is 25.9 Å². The summed E-state index contributed by atoms with van der Waals surface area (Å²) in [6, 6.07) is 6.93. The lowest BCUT2D eigenvalue weighted by Crippen LogP contribution is -2.40. The van der Waals surface area contributed by atoms with Crippen molar-refractivity contribution < 1.29 is 9.90 Å². The highest BCUT2D eigenvalue weighted by atomic mass is 16.3. The van der Waals surface area contributed by atoms with Crippen molar-refractivity contribution in [3.63, 3.8) is 0 Å². The van der Waals surface area contributed by atoms with E-state index < -0.39 is 0 Å². The van der Waals surface area contributed by atoms with Gasteiger partial charge in [0.25, 0.3) is 0 Å². The monoisotopic (exact) mass is 263 g/mol. The molecular weight excluding hydrogens is 246 g/mol. The number of aromatic amines is 1. The number of aliphatic hydroxyl groups is 1. The molecule has 1 aromatic heterocycles. The van der Waals surface area contributed by atoms with Crippen LogP contribution in [0.5, 0.6) is 0 Å². The van der Waals surface area contributed by atoms with Crippen LogP contribution in [0.15, 0.2) is 29.1 Å². The molecule has 0 bridgehead atoms. The predicted octanol–water partition coefficient (Wildman–Crippen LogP) is 0.217. The van der Waals surface area contributed by atoms with Gasteiger partial charge in [0.05, 0.1) is 23.7 Å². The Morgan fingerprint density at radius 1 is 1.47 bits per heavy atom. The zero-order valence-electron chi connectivity index (χ0n) is 10.7. The number of nitrogens with zero attached hydrogens (tertiary/aromatic N) is 1. The second-order valence-electron chi connectivity index (χ2n) is 4.39. The van der Waals surface area contributed by atoms with E-state index >= 15 is 0 Å². The third-order valence-electron chi connectivity index (χ3n) is 3.06. The first-order chi connectivity index (χ1) is 9.15.